The van der Waals surface area contributed by atoms with Gasteiger partial charge in [0, 0.05) is 26.6 Å². The van der Waals surface area contributed by atoms with Gasteiger partial charge in [-0.1, -0.05) is 12.1 Å². The van der Waals surface area contributed by atoms with Crippen LogP contribution in [0.1, 0.15) is 18.9 Å². The highest BCUT2D eigenvalue weighted by molar-refractivity contribution is 5.78. The third-order valence-electron chi connectivity index (χ3n) is 2.14. The van der Waals surface area contributed by atoms with Gasteiger partial charge in [-0.25, -0.2) is 0 Å². The Bertz CT molecular complexity index is 316. The molecule has 0 aromatic heterocycles. The van der Waals surface area contributed by atoms with Gasteiger partial charge in [0.2, 0.25) is 0 Å². The lowest BCUT2D eigenvalue weighted by atomic mass is 10.1. The number of carbonyl (C=O) groups excluding carboxylic acids is 1. The zero-order valence-electron chi connectivity index (χ0n) is 9.86. The van der Waals surface area contributed by atoms with E-state index in [9.17, 15) is 4.79 Å². The summed E-state index contributed by atoms with van der Waals surface area (Å²) in [6, 6.07) is 7.64. The Kier molecular flexibility index (Phi) is 5.57. The maximum absolute atomic E-state index is 10.9. The zero-order chi connectivity index (χ0) is 11.8. The molecule has 1 rings (SSSR count). The van der Waals surface area contributed by atoms with E-state index in [4.69, 9.17) is 9.47 Å². The average Bonchev–Trinajstić information content (AvgIpc) is 2.26. The fourth-order valence-corrected chi connectivity index (χ4v) is 1.38. The first-order chi connectivity index (χ1) is 7.72. The highest BCUT2D eigenvalue weighted by Crippen LogP contribution is 2.12. The first kappa shape index (κ1) is 12.7. The first-order valence-electron chi connectivity index (χ1n) is 5.42. The normalized spacial score (nSPS) is 10.1. The van der Waals surface area contributed by atoms with Crippen molar-refractivity contribution in [3.8, 4) is 5.75 Å². The van der Waals surface area contributed by atoms with E-state index >= 15 is 0 Å². The summed E-state index contributed by atoms with van der Waals surface area (Å²) in [5.74, 6) is 1.01. The largest absolute Gasteiger partial charge is 0.494 e. The highest BCUT2D eigenvalue weighted by Gasteiger charge is 1.98. The molecule has 0 saturated carbocycles. The SMILES string of the molecule is COCCCOc1ccc(CC(C)=O)cc1. The standard InChI is InChI=1S/C13H18O3/c1-11(14)10-12-4-6-13(7-5-12)16-9-3-8-15-2/h4-7H,3,8-10H2,1-2H3. The molecule has 0 aliphatic rings. The summed E-state index contributed by atoms with van der Waals surface area (Å²) in [6.07, 6.45) is 1.37. The highest BCUT2D eigenvalue weighted by atomic mass is 16.5. The molecule has 3 heteroatoms. The molecule has 16 heavy (non-hydrogen) atoms. The second kappa shape index (κ2) is 7.01. The summed E-state index contributed by atoms with van der Waals surface area (Å²) < 4.78 is 10.4. The lowest BCUT2D eigenvalue weighted by molar-refractivity contribution is -0.116. The first-order valence-corrected chi connectivity index (χ1v) is 5.42. The van der Waals surface area contributed by atoms with Crippen LogP contribution in [0.15, 0.2) is 24.3 Å². The number of hydrogen-bond donors (Lipinski definition) is 0. The van der Waals surface area contributed by atoms with Crippen LogP contribution >= 0.6 is 0 Å². The molecule has 0 aliphatic carbocycles. The summed E-state index contributed by atoms with van der Waals surface area (Å²) in [6.45, 7) is 2.96. The summed E-state index contributed by atoms with van der Waals surface area (Å²) >= 11 is 0. The average molecular weight is 222 g/mol. The zero-order valence-corrected chi connectivity index (χ0v) is 9.86. The van der Waals surface area contributed by atoms with Gasteiger partial charge in [0.1, 0.15) is 11.5 Å². The number of methoxy groups -OCH3 is 1. The molecule has 0 amide bonds. The summed E-state index contributed by atoms with van der Waals surface area (Å²) in [7, 11) is 1.68. The predicted octanol–water partition coefficient (Wildman–Crippen LogP) is 2.23. The monoisotopic (exact) mass is 222 g/mol. The van der Waals surface area contributed by atoms with Crippen LogP contribution in [0.25, 0.3) is 0 Å². The van der Waals surface area contributed by atoms with Crippen LogP contribution < -0.4 is 4.74 Å². The third-order valence-corrected chi connectivity index (χ3v) is 2.14. The summed E-state index contributed by atoms with van der Waals surface area (Å²) in [5, 5.41) is 0. The molecule has 1 aromatic carbocycles. The van der Waals surface area contributed by atoms with Crippen molar-refractivity contribution >= 4 is 5.78 Å². The minimum Gasteiger partial charge on any atom is -0.494 e. The third kappa shape index (κ3) is 4.94. The minimum absolute atomic E-state index is 0.175. The maximum atomic E-state index is 10.9. The Morgan fingerprint density at radius 1 is 1.19 bits per heavy atom. The van der Waals surface area contributed by atoms with E-state index < -0.39 is 0 Å². The fourth-order valence-electron chi connectivity index (χ4n) is 1.38. The molecular formula is C13H18O3. The molecule has 0 N–H and O–H groups in total. The Morgan fingerprint density at radius 3 is 2.44 bits per heavy atom. The topological polar surface area (TPSA) is 35.5 Å². The van der Waals surface area contributed by atoms with Crippen molar-refractivity contribution in [1.29, 1.82) is 0 Å². The Labute approximate surface area is 96.4 Å². The van der Waals surface area contributed by atoms with Gasteiger partial charge in [-0.05, 0) is 24.6 Å². The van der Waals surface area contributed by atoms with Crippen molar-refractivity contribution in [2.45, 2.75) is 19.8 Å². The van der Waals surface area contributed by atoms with Crippen molar-refractivity contribution in [3.05, 3.63) is 29.8 Å². The molecule has 0 heterocycles. The number of benzene rings is 1. The van der Waals surface area contributed by atoms with E-state index in [1.807, 2.05) is 24.3 Å². The number of carbonyl (C=O) groups is 1. The van der Waals surface area contributed by atoms with Crippen LogP contribution in [-0.4, -0.2) is 26.1 Å². The Balaban J connectivity index is 2.36. The molecule has 88 valence electrons. The molecule has 0 aliphatic heterocycles. The van der Waals surface area contributed by atoms with Gasteiger partial charge in [0.25, 0.3) is 0 Å². The number of Topliss-reactive ketones (excluding diaryl/α,β-unsaturated/α-hetero) is 1. The van der Waals surface area contributed by atoms with Crippen molar-refractivity contribution in [3.63, 3.8) is 0 Å². The summed E-state index contributed by atoms with van der Waals surface area (Å²) in [5.41, 5.74) is 1.02. The lowest BCUT2D eigenvalue weighted by Crippen LogP contribution is -2.01. The van der Waals surface area contributed by atoms with E-state index in [1.165, 1.54) is 0 Å². The van der Waals surface area contributed by atoms with Crippen molar-refractivity contribution < 1.29 is 14.3 Å². The van der Waals surface area contributed by atoms with Gasteiger partial charge >= 0.3 is 0 Å². The van der Waals surface area contributed by atoms with Crippen LogP contribution in [0, 0.1) is 0 Å². The van der Waals surface area contributed by atoms with Gasteiger partial charge in [-0.3, -0.25) is 4.79 Å². The number of ether oxygens (including phenoxy) is 2. The molecule has 0 unspecified atom stereocenters. The van der Waals surface area contributed by atoms with Gasteiger partial charge in [0.15, 0.2) is 0 Å². The number of hydrogen-bond acceptors (Lipinski definition) is 3. The second-order valence-corrected chi connectivity index (χ2v) is 3.72. The van der Waals surface area contributed by atoms with Crippen molar-refractivity contribution in [1.82, 2.24) is 0 Å². The van der Waals surface area contributed by atoms with Crippen LogP contribution in [0.2, 0.25) is 0 Å². The van der Waals surface area contributed by atoms with Crippen LogP contribution in [0.3, 0.4) is 0 Å². The van der Waals surface area contributed by atoms with E-state index in [2.05, 4.69) is 0 Å². The van der Waals surface area contributed by atoms with Gasteiger partial charge in [-0.2, -0.15) is 0 Å². The Hall–Kier alpha value is -1.35. The molecule has 0 radical (unpaired) electrons. The van der Waals surface area contributed by atoms with Crippen LogP contribution in [0.5, 0.6) is 5.75 Å². The molecule has 0 bridgehead atoms. The van der Waals surface area contributed by atoms with Gasteiger partial charge in [0.05, 0.1) is 6.61 Å². The summed E-state index contributed by atoms with van der Waals surface area (Å²) in [4.78, 5) is 10.9. The van der Waals surface area contributed by atoms with Gasteiger partial charge in [-0.15, -0.1) is 0 Å². The quantitative estimate of drug-likeness (QED) is 0.664. The van der Waals surface area contributed by atoms with Crippen molar-refractivity contribution in [2.24, 2.45) is 0 Å². The maximum Gasteiger partial charge on any atom is 0.134 e. The minimum atomic E-state index is 0.175. The fraction of sp³-hybridized carbons (Fsp3) is 0.462. The van der Waals surface area contributed by atoms with E-state index in [-0.39, 0.29) is 5.78 Å². The van der Waals surface area contributed by atoms with E-state index in [1.54, 1.807) is 14.0 Å². The van der Waals surface area contributed by atoms with Crippen LogP contribution in [0.4, 0.5) is 0 Å². The smallest absolute Gasteiger partial charge is 0.134 e. The molecule has 0 spiro atoms. The molecule has 0 fully saturated rings. The second-order valence-electron chi connectivity index (χ2n) is 3.72. The molecule has 3 nitrogen and oxygen atoms in total. The lowest BCUT2D eigenvalue weighted by Gasteiger charge is -2.06. The Morgan fingerprint density at radius 2 is 1.88 bits per heavy atom. The van der Waals surface area contributed by atoms with E-state index in [0.717, 1.165) is 17.7 Å². The molecule has 1 aromatic rings. The van der Waals surface area contributed by atoms with Gasteiger partial charge < -0.3 is 9.47 Å². The van der Waals surface area contributed by atoms with E-state index in [0.29, 0.717) is 19.6 Å². The van der Waals surface area contributed by atoms with Crippen LogP contribution in [-0.2, 0) is 16.0 Å². The van der Waals surface area contributed by atoms with Crippen molar-refractivity contribution in [2.75, 3.05) is 20.3 Å². The predicted molar refractivity (Wildman–Crippen MR) is 62.8 cm³/mol. The molecule has 0 saturated heterocycles. The number of rotatable bonds is 7. The number of ketones is 1. The molecular weight excluding hydrogens is 204 g/mol. The molecule has 0 atom stereocenters.